The number of hydrogen-bond acceptors (Lipinski definition) is 3. The van der Waals surface area contributed by atoms with Crippen LogP contribution in [0.5, 0.6) is 0 Å². The third-order valence-electron chi connectivity index (χ3n) is 1.75. The summed E-state index contributed by atoms with van der Waals surface area (Å²) in [5.41, 5.74) is -6.55. The van der Waals surface area contributed by atoms with Crippen LogP contribution < -0.4 is 4.72 Å². The first kappa shape index (κ1) is 14.6. The third kappa shape index (κ3) is 3.05. The molecule has 5 nitrogen and oxygen atoms in total. The minimum absolute atomic E-state index is 0.225. The lowest BCUT2D eigenvalue weighted by Crippen LogP contribution is -2.29. The molecule has 1 rings (SSSR count). The molecule has 0 unspecified atom stereocenters. The lowest BCUT2D eigenvalue weighted by molar-refractivity contribution is -0.0429. The average Bonchev–Trinajstić information content (AvgIpc) is 2.18. The monoisotopic (exact) mass is 303 g/mol. The zero-order valence-corrected chi connectivity index (χ0v) is 9.90. The van der Waals surface area contributed by atoms with Gasteiger partial charge in [-0.05, 0) is 18.2 Å². The molecule has 1 aromatic carbocycles. The molecule has 0 radical (unpaired) electrons. The molecular formula is C8H5ClF3NO4S. The van der Waals surface area contributed by atoms with Crippen LogP contribution in [0.4, 0.5) is 18.9 Å². The van der Waals surface area contributed by atoms with Crippen LogP contribution in [0.15, 0.2) is 18.2 Å². The Morgan fingerprint density at radius 2 is 1.89 bits per heavy atom. The molecule has 10 heteroatoms. The van der Waals surface area contributed by atoms with Gasteiger partial charge in [-0.1, -0.05) is 11.6 Å². The molecule has 100 valence electrons. The number of anilines is 1. The Morgan fingerprint density at radius 3 is 2.33 bits per heavy atom. The van der Waals surface area contributed by atoms with E-state index in [4.69, 9.17) is 16.7 Å². The second-order valence-corrected chi connectivity index (χ2v) is 5.13. The summed E-state index contributed by atoms with van der Waals surface area (Å²) in [5, 5.41) is 8.44. The average molecular weight is 304 g/mol. The van der Waals surface area contributed by atoms with Crippen LogP contribution in [0.25, 0.3) is 0 Å². The van der Waals surface area contributed by atoms with Crippen LogP contribution >= 0.6 is 11.6 Å². The number of nitrogens with one attached hydrogen (secondary N) is 1. The van der Waals surface area contributed by atoms with Gasteiger partial charge in [-0.25, -0.2) is 4.79 Å². The van der Waals surface area contributed by atoms with Crippen LogP contribution in [0, 0.1) is 0 Å². The van der Waals surface area contributed by atoms with Crippen molar-refractivity contribution in [3.63, 3.8) is 0 Å². The smallest absolute Gasteiger partial charge is 0.478 e. The van der Waals surface area contributed by atoms with Crippen molar-refractivity contribution in [2.75, 3.05) is 4.72 Å². The number of rotatable bonds is 3. The van der Waals surface area contributed by atoms with Crippen molar-refractivity contribution in [3.8, 4) is 0 Å². The quantitative estimate of drug-likeness (QED) is 0.897. The van der Waals surface area contributed by atoms with Crippen LogP contribution in [0.1, 0.15) is 10.4 Å². The summed E-state index contributed by atoms with van der Waals surface area (Å²) in [6, 6.07) is 2.57. The summed E-state index contributed by atoms with van der Waals surface area (Å²) in [5.74, 6) is -1.49. The first-order chi connectivity index (χ1) is 8.04. The van der Waals surface area contributed by atoms with Gasteiger partial charge in [0.25, 0.3) is 0 Å². The lowest BCUT2D eigenvalue weighted by Gasteiger charge is -2.11. The van der Waals surface area contributed by atoms with E-state index in [2.05, 4.69) is 0 Å². The molecule has 0 spiro atoms. The number of carboxylic acid groups (broad SMARTS) is 1. The fourth-order valence-electron chi connectivity index (χ4n) is 0.966. The molecular weight excluding hydrogens is 299 g/mol. The fourth-order valence-corrected chi connectivity index (χ4v) is 1.72. The molecule has 0 fully saturated rings. The Balaban J connectivity index is 3.15. The van der Waals surface area contributed by atoms with Crippen molar-refractivity contribution < 1.29 is 31.5 Å². The maximum Gasteiger partial charge on any atom is 0.516 e. The molecule has 0 amide bonds. The summed E-state index contributed by atoms with van der Waals surface area (Å²) < 4.78 is 58.9. The minimum atomic E-state index is -5.59. The highest BCUT2D eigenvalue weighted by molar-refractivity contribution is 7.93. The summed E-state index contributed by atoms with van der Waals surface area (Å²) >= 11 is 5.47. The first-order valence-corrected chi connectivity index (χ1v) is 6.02. The fraction of sp³-hybridized carbons (Fsp3) is 0.125. The SMILES string of the molecule is O=C(O)c1cc(NS(=O)(=O)C(F)(F)F)ccc1Cl. The summed E-state index contributed by atoms with van der Waals surface area (Å²) in [6.07, 6.45) is 0. The standard InChI is InChI=1S/C8H5ClF3NO4S/c9-6-2-1-4(3-5(6)7(14)15)13-18(16,17)8(10,11)12/h1-3,13H,(H,14,15). The molecule has 0 heterocycles. The number of benzene rings is 1. The number of halogens is 4. The van der Waals surface area contributed by atoms with Crippen molar-refractivity contribution in [1.82, 2.24) is 0 Å². The molecule has 1 aromatic rings. The van der Waals surface area contributed by atoms with Crippen molar-refractivity contribution >= 4 is 33.3 Å². The molecule has 0 bridgehead atoms. The highest BCUT2D eigenvalue weighted by atomic mass is 35.5. The van der Waals surface area contributed by atoms with E-state index in [0.29, 0.717) is 6.07 Å². The Hall–Kier alpha value is -1.48. The van der Waals surface area contributed by atoms with Gasteiger partial charge in [0.15, 0.2) is 0 Å². The maximum absolute atomic E-state index is 12.1. The summed E-state index contributed by atoms with van der Waals surface area (Å²) in [4.78, 5) is 10.7. The van der Waals surface area contributed by atoms with Gasteiger partial charge >= 0.3 is 21.5 Å². The number of aromatic carboxylic acids is 1. The van der Waals surface area contributed by atoms with E-state index in [9.17, 15) is 26.4 Å². The molecule has 0 aliphatic carbocycles. The Morgan fingerprint density at radius 1 is 1.33 bits per heavy atom. The lowest BCUT2D eigenvalue weighted by atomic mass is 10.2. The highest BCUT2D eigenvalue weighted by Gasteiger charge is 2.46. The van der Waals surface area contributed by atoms with Crippen molar-refractivity contribution in [2.24, 2.45) is 0 Å². The molecule has 0 aliphatic heterocycles. The first-order valence-electron chi connectivity index (χ1n) is 4.16. The molecule has 0 atom stereocenters. The van der Waals surface area contributed by atoms with Gasteiger partial charge in [-0.2, -0.15) is 21.6 Å². The maximum atomic E-state index is 12.1. The number of alkyl halides is 3. The van der Waals surface area contributed by atoms with Gasteiger partial charge in [0, 0.05) is 5.69 Å². The second kappa shape index (κ2) is 4.65. The molecule has 2 N–H and O–H groups in total. The number of carbonyl (C=O) groups is 1. The topological polar surface area (TPSA) is 83.5 Å². The Bertz CT molecular complexity index is 584. The number of carboxylic acids is 1. The Labute approximate surface area is 104 Å². The molecule has 0 aromatic heterocycles. The van der Waals surface area contributed by atoms with Gasteiger partial charge in [-0.15, -0.1) is 0 Å². The van der Waals surface area contributed by atoms with E-state index >= 15 is 0 Å². The van der Waals surface area contributed by atoms with E-state index in [1.165, 1.54) is 4.72 Å². The predicted molar refractivity (Wildman–Crippen MR) is 57.0 cm³/mol. The molecule has 18 heavy (non-hydrogen) atoms. The van der Waals surface area contributed by atoms with Gasteiger partial charge < -0.3 is 5.11 Å². The van der Waals surface area contributed by atoms with Crippen LogP contribution in [-0.4, -0.2) is 25.0 Å². The van der Waals surface area contributed by atoms with Crippen molar-refractivity contribution in [3.05, 3.63) is 28.8 Å². The van der Waals surface area contributed by atoms with Gasteiger partial charge in [0.05, 0.1) is 10.6 Å². The molecule has 0 saturated carbocycles. The highest BCUT2D eigenvalue weighted by Crippen LogP contribution is 2.27. The van der Waals surface area contributed by atoms with Crippen LogP contribution in [0.2, 0.25) is 5.02 Å². The largest absolute Gasteiger partial charge is 0.516 e. The Kier molecular flexibility index (Phi) is 3.77. The third-order valence-corrected chi connectivity index (χ3v) is 3.20. The van der Waals surface area contributed by atoms with E-state index in [0.717, 1.165) is 12.1 Å². The summed E-state index contributed by atoms with van der Waals surface area (Å²) in [6.45, 7) is 0. The van der Waals surface area contributed by atoms with Gasteiger partial charge in [0.2, 0.25) is 0 Å². The van der Waals surface area contributed by atoms with E-state index in [-0.39, 0.29) is 5.02 Å². The van der Waals surface area contributed by atoms with Crippen molar-refractivity contribution in [1.29, 1.82) is 0 Å². The predicted octanol–water partition coefficient (Wildman–Crippen LogP) is 2.30. The van der Waals surface area contributed by atoms with E-state index in [1.54, 1.807) is 0 Å². The molecule has 0 aliphatic rings. The zero-order chi connectivity index (χ0) is 14.1. The second-order valence-electron chi connectivity index (χ2n) is 3.05. The van der Waals surface area contributed by atoms with Crippen molar-refractivity contribution in [2.45, 2.75) is 5.51 Å². The number of hydrogen-bond donors (Lipinski definition) is 2. The van der Waals surface area contributed by atoms with E-state index in [1.807, 2.05) is 0 Å². The van der Waals surface area contributed by atoms with E-state index < -0.39 is 32.8 Å². The van der Waals surface area contributed by atoms with Crippen LogP contribution in [0.3, 0.4) is 0 Å². The number of sulfonamides is 1. The molecule has 0 saturated heterocycles. The van der Waals surface area contributed by atoms with Crippen LogP contribution in [-0.2, 0) is 10.0 Å². The van der Waals surface area contributed by atoms with Gasteiger partial charge in [-0.3, -0.25) is 4.72 Å². The normalized spacial score (nSPS) is 12.2. The minimum Gasteiger partial charge on any atom is -0.478 e. The zero-order valence-electron chi connectivity index (χ0n) is 8.32. The summed E-state index contributed by atoms with van der Waals surface area (Å²) in [7, 11) is -5.59. The van der Waals surface area contributed by atoms with Gasteiger partial charge in [0.1, 0.15) is 0 Å².